The van der Waals surface area contributed by atoms with Gasteiger partial charge in [0.2, 0.25) is 5.91 Å². The first-order valence-electron chi connectivity index (χ1n) is 7.21. The van der Waals surface area contributed by atoms with E-state index in [9.17, 15) is 14.9 Å². The van der Waals surface area contributed by atoms with E-state index in [1.165, 1.54) is 6.07 Å². The number of nitro benzene ring substituents is 1. The van der Waals surface area contributed by atoms with Crippen LogP contribution in [-0.4, -0.2) is 29.3 Å². The van der Waals surface area contributed by atoms with Gasteiger partial charge in [0, 0.05) is 23.1 Å². The van der Waals surface area contributed by atoms with E-state index in [0.717, 1.165) is 10.4 Å². The number of hydrogen-bond donors (Lipinski definition) is 1. The Balaban J connectivity index is 1.91. The minimum atomic E-state index is -0.413. The third kappa shape index (κ3) is 4.87. The SMILES string of the molecule is CC(c1cccc([N+](=O)[O-])c1)N(C)CC(=O)NCc1cccs1. The van der Waals surface area contributed by atoms with Gasteiger partial charge in [0.1, 0.15) is 0 Å². The third-order valence-electron chi connectivity index (χ3n) is 3.66. The lowest BCUT2D eigenvalue weighted by Gasteiger charge is -2.24. The normalized spacial score (nSPS) is 12.1. The van der Waals surface area contributed by atoms with Gasteiger partial charge in [-0.25, -0.2) is 0 Å². The number of amides is 1. The Labute approximate surface area is 138 Å². The zero-order valence-corrected chi connectivity index (χ0v) is 13.9. The Hall–Kier alpha value is -2.25. The van der Waals surface area contributed by atoms with Crippen molar-refractivity contribution in [2.24, 2.45) is 0 Å². The fraction of sp³-hybridized carbons (Fsp3) is 0.312. The summed E-state index contributed by atoms with van der Waals surface area (Å²) in [7, 11) is 1.83. The highest BCUT2D eigenvalue weighted by molar-refractivity contribution is 7.09. The number of likely N-dealkylation sites (N-methyl/N-ethyl adjacent to an activating group) is 1. The van der Waals surface area contributed by atoms with E-state index < -0.39 is 4.92 Å². The van der Waals surface area contributed by atoms with Crippen LogP contribution in [0.25, 0.3) is 0 Å². The molecule has 0 spiro atoms. The van der Waals surface area contributed by atoms with Gasteiger partial charge in [-0.15, -0.1) is 11.3 Å². The summed E-state index contributed by atoms with van der Waals surface area (Å²) in [4.78, 5) is 25.4. The molecular formula is C16H19N3O3S. The molecule has 1 heterocycles. The van der Waals surface area contributed by atoms with Crippen LogP contribution in [0.1, 0.15) is 23.4 Å². The van der Waals surface area contributed by atoms with E-state index in [4.69, 9.17) is 0 Å². The first kappa shape index (κ1) is 17.1. The van der Waals surface area contributed by atoms with Gasteiger partial charge >= 0.3 is 0 Å². The predicted octanol–water partition coefficient (Wildman–Crippen LogP) is 2.97. The molecule has 0 saturated heterocycles. The number of nitro groups is 1. The Morgan fingerprint density at radius 3 is 2.83 bits per heavy atom. The van der Waals surface area contributed by atoms with Crippen LogP contribution in [-0.2, 0) is 11.3 Å². The first-order valence-corrected chi connectivity index (χ1v) is 8.09. The number of carbonyl (C=O) groups is 1. The summed E-state index contributed by atoms with van der Waals surface area (Å²) >= 11 is 1.60. The van der Waals surface area contributed by atoms with Gasteiger partial charge in [-0.05, 0) is 31.0 Å². The predicted molar refractivity (Wildman–Crippen MR) is 90.3 cm³/mol. The molecule has 1 aromatic carbocycles. The molecule has 1 amide bonds. The van der Waals surface area contributed by atoms with Gasteiger partial charge in [-0.1, -0.05) is 18.2 Å². The van der Waals surface area contributed by atoms with Gasteiger partial charge in [0.05, 0.1) is 18.0 Å². The highest BCUT2D eigenvalue weighted by Gasteiger charge is 2.17. The molecule has 0 radical (unpaired) electrons. The standard InChI is InChI=1S/C16H19N3O3S/c1-12(13-5-3-6-14(9-13)19(21)22)18(2)11-16(20)17-10-15-7-4-8-23-15/h3-9,12H,10-11H2,1-2H3,(H,17,20). The van der Waals surface area contributed by atoms with E-state index in [2.05, 4.69) is 5.32 Å². The lowest BCUT2D eigenvalue weighted by molar-refractivity contribution is -0.384. The molecule has 7 heteroatoms. The molecular weight excluding hydrogens is 314 g/mol. The summed E-state index contributed by atoms with van der Waals surface area (Å²) in [5.41, 5.74) is 0.873. The number of non-ortho nitro benzene ring substituents is 1. The molecule has 6 nitrogen and oxygen atoms in total. The number of benzene rings is 1. The first-order chi connectivity index (χ1) is 11.0. The number of carbonyl (C=O) groups excluding carboxylic acids is 1. The topological polar surface area (TPSA) is 75.5 Å². The Bertz CT molecular complexity index is 673. The Morgan fingerprint density at radius 2 is 2.17 bits per heavy atom. The summed E-state index contributed by atoms with van der Waals surface area (Å²) < 4.78 is 0. The van der Waals surface area contributed by atoms with E-state index in [1.807, 2.05) is 42.5 Å². The maximum absolute atomic E-state index is 12.0. The van der Waals surface area contributed by atoms with Crippen LogP contribution < -0.4 is 5.32 Å². The third-order valence-corrected chi connectivity index (χ3v) is 4.53. The molecule has 0 bridgehead atoms. The smallest absolute Gasteiger partial charge is 0.269 e. The van der Waals surface area contributed by atoms with E-state index in [0.29, 0.717) is 6.54 Å². The fourth-order valence-corrected chi connectivity index (χ4v) is 2.82. The maximum Gasteiger partial charge on any atom is 0.269 e. The molecule has 1 atom stereocenters. The molecule has 122 valence electrons. The molecule has 0 aliphatic heterocycles. The zero-order chi connectivity index (χ0) is 16.8. The maximum atomic E-state index is 12.0. The Kier molecular flexibility index (Phi) is 5.84. The fourth-order valence-electron chi connectivity index (χ4n) is 2.17. The minimum Gasteiger partial charge on any atom is -0.350 e. The number of rotatable bonds is 7. The van der Waals surface area contributed by atoms with Gasteiger partial charge < -0.3 is 5.32 Å². The second kappa shape index (κ2) is 7.85. The molecule has 1 N–H and O–H groups in total. The van der Waals surface area contributed by atoms with E-state index >= 15 is 0 Å². The van der Waals surface area contributed by atoms with Crippen molar-refractivity contribution in [3.8, 4) is 0 Å². The van der Waals surface area contributed by atoms with Gasteiger partial charge in [0.15, 0.2) is 0 Å². The molecule has 23 heavy (non-hydrogen) atoms. The van der Waals surface area contributed by atoms with E-state index in [1.54, 1.807) is 23.5 Å². The Morgan fingerprint density at radius 1 is 1.39 bits per heavy atom. The van der Waals surface area contributed by atoms with Crippen molar-refractivity contribution in [2.75, 3.05) is 13.6 Å². The van der Waals surface area contributed by atoms with Crippen molar-refractivity contribution in [1.82, 2.24) is 10.2 Å². The van der Waals surface area contributed by atoms with Crippen molar-refractivity contribution in [3.63, 3.8) is 0 Å². The molecule has 0 saturated carbocycles. The molecule has 0 aliphatic rings. The number of nitrogens with one attached hydrogen (secondary N) is 1. The highest BCUT2D eigenvalue weighted by atomic mass is 32.1. The average molecular weight is 333 g/mol. The van der Waals surface area contributed by atoms with Crippen LogP contribution in [0.4, 0.5) is 5.69 Å². The van der Waals surface area contributed by atoms with Crippen molar-refractivity contribution >= 4 is 22.9 Å². The number of hydrogen-bond acceptors (Lipinski definition) is 5. The summed E-state index contributed by atoms with van der Waals surface area (Å²) in [5, 5.41) is 15.7. The van der Waals surface area contributed by atoms with Crippen LogP contribution in [0.15, 0.2) is 41.8 Å². The van der Waals surface area contributed by atoms with Crippen LogP contribution in [0, 0.1) is 10.1 Å². The summed E-state index contributed by atoms with van der Waals surface area (Å²) in [6.07, 6.45) is 0. The monoisotopic (exact) mass is 333 g/mol. The van der Waals surface area contributed by atoms with E-state index in [-0.39, 0.29) is 24.2 Å². The van der Waals surface area contributed by atoms with Gasteiger partial charge in [-0.3, -0.25) is 19.8 Å². The molecule has 2 aromatic rings. The van der Waals surface area contributed by atoms with Crippen molar-refractivity contribution in [3.05, 3.63) is 62.3 Å². The van der Waals surface area contributed by atoms with Crippen molar-refractivity contribution < 1.29 is 9.72 Å². The lowest BCUT2D eigenvalue weighted by atomic mass is 10.1. The van der Waals surface area contributed by atoms with Crippen LogP contribution in [0.3, 0.4) is 0 Å². The van der Waals surface area contributed by atoms with Gasteiger partial charge in [-0.2, -0.15) is 0 Å². The lowest BCUT2D eigenvalue weighted by Crippen LogP contribution is -2.36. The molecule has 0 aliphatic carbocycles. The highest BCUT2D eigenvalue weighted by Crippen LogP contribution is 2.22. The minimum absolute atomic E-state index is 0.0601. The molecule has 0 fully saturated rings. The van der Waals surface area contributed by atoms with Gasteiger partial charge in [0.25, 0.3) is 5.69 Å². The molecule has 2 rings (SSSR count). The largest absolute Gasteiger partial charge is 0.350 e. The average Bonchev–Trinajstić information content (AvgIpc) is 3.05. The molecule has 1 unspecified atom stereocenters. The quantitative estimate of drug-likeness (QED) is 0.624. The second-order valence-corrected chi connectivity index (χ2v) is 6.33. The van der Waals surface area contributed by atoms with Crippen LogP contribution >= 0.6 is 11.3 Å². The summed E-state index contributed by atoms with van der Waals surface area (Å²) in [6.45, 7) is 2.68. The van der Waals surface area contributed by atoms with Crippen molar-refractivity contribution in [1.29, 1.82) is 0 Å². The zero-order valence-electron chi connectivity index (χ0n) is 13.1. The van der Waals surface area contributed by atoms with Crippen LogP contribution in [0.5, 0.6) is 0 Å². The summed E-state index contributed by atoms with van der Waals surface area (Å²) in [5.74, 6) is -0.0711. The van der Waals surface area contributed by atoms with Crippen LogP contribution in [0.2, 0.25) is 0 Å². The number of thiophene rings is 1. The number of nitrogens with zero attached hydrogens (tertiary/aromatic N) is 2. The molecule has 1 aromatic heterocycles. The second-order valence-electron chi connectivity index (χ2n) is 5.30. The van der Waals surface area contributed by atoms with Crippen molar-refractivity contribution in [2.45, 2.75) is 19.5 Å². The summed E-state index contributed by atoms with van der Waals surface area (Å²) in [6, 6.07) is 10.3.